The highest BCUT2D eigenvalue weighted by atomic mass is 79.9. The van der Waals surface area contributed by atoms with Gasteiger partial charge in [0.05, 0.1) is 6.10 Å². The van der Waals surface area contributed by atoms with Gasteiger partial charge in [0.25, 0.3) is 0 Å². The van der Waals surface area contributed by atoms with Crippen LogP contribution in [0.25, 0.3) is 0 Å². The Morgan fingerprint density at radius 2 is 1.83 bits per heavy atom. The molecule has 0 aromatic heterocycles. The molecule has 0 heterocycles. The smallest absolute Gasteiger partial charge is 0.124 e. The quantitative estimate of drug-likeness (QED) is 0.908. The average molecular weight is 313 g/mol. The van der Waals surface area contributed by atoms with E-state index in [1.165, 1.54) is 24.3 Å². The monoisotopic (exact) mass is 312 g/mol. The molecule has 0 spiro atoms. The van der Waals surface area contributed by atoms with Crippen molar-refractivity contribution in [2.24, 2.45) is 0 Å². The predicted molar refractivity (Wildman–Crippen MR) is 69.2 cm³/mol. The highest BCUT2D eigenvalue weighted by Gasteiger charge is 2.11. The third-order valence-corrected chi connectivity index (χ3v) is 3.05. The van der Waals surface area contributed by atoms with Gasteiger partial charge in [-0.1, -0.05) is 28.1 Å². The lowest BCUT2D eigenvalue weighted by Gasteiger charge is -2.12. The van der Waals surface area contributed by atoms with Gasteiger partial charge >= 0.3 is 0 Å². The lowest BCUT2D eigenvalue weighted by Crippen LogP contribution is -2.02. The summed E-state index contributed by atoms with van der Waals surface area (Å²) in [5.74, 6) is -0.766. The Morgan fingerprint density at radius 1 is 1.06 bits per heavy atom. The van der Waals surface area contributed by atoms with E-state index in [2.05, 4.69) is 15.9 Å². The maximum Gasteiger partial charge on any atom is 0.124 e. The summed E-state index contributed by atoms with van der Waals surface area (Å²) in [5.41, 5.74) is 1.13. The fourth-order valence-corrected chi connectivity index (χ4v) is 2.26. The molecule has 0 bridgehead atoms. The van der Waals surface area contributed by atoms with Gasteiger partial charge < -0.3 is 5.11 Å². The molecule has 2 rings (SSSR count). The zero-order valence-electron chi connectivity index (χ0n) is 9.41. The van der Waals surface area contributed by atoms with Gasteiger partial charge in [0, 0.05) is 10.9 Å². The average Bonchev–Trinajstić information content (AvgIpc) is 2.27. The van der Waals surface area contributed by atoms with Gasteiger partial charge in [-0.05, 0) is 41.5 Å². The van der Waals surface area contributed by atoms with Crippen molar-refractivity contribution in [1.82, 2.24) is 0 Å². The Balaban J connectivity index is 2.19. The summed E-state index contributed by atoms with van der Waals surface area (Å²) in [7, 11) is 0. The van der Waals surface area contributed by atoms with E-state index >= 15 is 0 Å². The lowest BCUT2D eigenvalue weighted by atomic mass is 10.0. The number of hydrogen-bond acceptors (Lipinski definition) is 1. The van der Waals surface area contributed by atoms with Crippen LogP contribution in [0, 0.1) is 11.6 Å². The minimum absolute atomic E-state index is 0.244. The molecule has 4 heteroatoms. The largest absolute Gasteiger partial charge is 0.388 e. The number of rotatable bonds is 3. The van der Waals surface area contributed by atoms with Crippen molar-refractivity contribution in [2.75, 3.05) is 0 Å². The van der Waals surface area contributed by atoms with Crippen LogP contribution in [0.4, 0.5) is 8.78 Å². The Hall–Kier alpha value is -1.26. The summed E-state index contributed by atoms with van der Waals surface area (Å²) < 4.78 is 26.8. The third-order valence-electron chi connectivity index (χ3n) is 2.59. The number of benzene rings is 2. The van der Waals surface area contributed by atoms with Crippen LogP contribution in [-0.2, 0) is 6.42 Å². The standard InChI is InChI=1S/C14H11BrF2O/c15-11-6-10(7-13(17)8-11)14(18)5-9-2-1-3-12(16)4-9/h1-4,6-8,14,18H,5H2. The Labute approximate surface area is 112 Å². The molecule has 1 nitrogen and oxygen atoms in total. The molecule has 0 radical (unpaired) electrons. The molecule has 0 aliphatic rings. The van der Waals surface area contributed by atoms with E-state index in [4.69, 9.17) is 0 Å². The zero-order valence-corrected chi connectivity index (χ0v) is 11.0. The lowest BCUT2D eigenvalue weighted by molar-refractivity contribution is 0.178. The van der Waals surface area contributed by atoms with Crippen LogP contribution in [-0.4, -0.2) is 5.11 Å². The van der Waals surface area contributed by atoms with E-state index in [1.54, 1.807) is 18.2 Å². The van der Waals surface area contributed by atoms with Crippen LogP contribution in [0.2, 0.25) is 0 Å². The molecule has 0 fully saturated rings. The fraction of sp³-hybridized carbons (Fsp3) is 0.143. The van der Waals surface area contributed by atoms with Gasteiger partial charge in [0.15, 0.2) is 0 Å². The number of aliphatic hydroxyl groups excluding tert-OH is 1. The van der Waals surface area contributed by atoms with E-state index in [-0.39, 0.29) is 12.2 Å². The van der Waals surface area contributed by atoms with Gasteiger partial charge in [-0.3, -0.25) is 0 Å². The SMILES string of the molecule is OC(Cc1cccc(F)c1)c1cc(F)cc(Br)c1. The first-order valence-electron chi connectivity index (χ1n) is 5.43. The van der Waals surface area contributed by atoms with Gasteiger partial charge in [-0.25, -0.2) is 8.78 Å². The molecule has 1 atom stereocenters. The molecule has 2 aromatic rings. The minimum atomic E-state index is -0.862. The normalized spacial score (nSPS) is 12.4. The third kappa shape index (κ3) is 3.37. The van der Waals surface area contributed by atoms with Gasteiger partial charge in [0.1, 0.15) is 11.6 Å². The molecule has 0 aliphatic carbocycles. The predicted octanol–water partition coefficient (Wildman–Crippen LogP) is 4.00. The summed E-state index contributed by atoms with van der Waals surface area (Å²) in [5, 5.41) is 10.0. The fourth-order valence-electron chi connectivity index (χ4n) is 1.77. The van der Waals surface area contributed by atoms with Crippen molar-refractivity contribution < 1.29 is 13.9 Å². The van der Waals surface area contributed by atoms with E-state index in [9.17, 15) is 13.9 Å². The van der Waals surface area contributed by atoms with Crippen LogP contribution in [0.3, 0.4) is 0 Å². The number of halogens is 3. The first kappa shape index (κ1) is 13.2. The van der Waals surface area contributed by atoms with Crippen molar-refractivity contribution in [3.8, 4) is 0 Å². The second kappa shape index (κ2) is 5.59. The molecular weight excluding hydrogens is 302 g/mol. The Kier molecular flexibility index (Phi) is 4.09. The minimum Gasteiger partial charge on any atom is -0.388 e. The summed E-state index contributed by atoms with van der Waals surface area (Å²) in [6, 6.07) is 10.2. The van der Waals surface area contributed by atoms with E-state index in [1.807, 2.05) is 0 Å². The highest BCUT2D eigenvalue weighted by molar-refractivity contribution is 9.10. The summed E-state index contributed by atoms with van der Waals surface area (Å²) in [6.07, 6.45) is -0.619. The molecule has 94 valence electrons. The summed E-state index contributed by atoms with van der Waals surface area (Å²) in [4.78, 5) is 0. The highest BCUT2D eigenvalue weighted by Crippen LogP contribution is 2.23. The molecule has 0 aliphatic heterocycles. The van der Waals surface area contributed by atoms with Gasteiger partial charge in [0.2, 0.25) is 0 Å². The molecule has 0 saturated carbocycles. The van der Waals surface area contributed by atoms with E-state index < -0.39 is 11.9 Å². The van der Waals surface area contributed by atoms with Crippen LogP contribution in [0.15, 0.2) is 46.9 Å². The summed E-state index contributed by atoms with van der Waals surface area (Å²) >= 11 is 3.17. The topological polar surface area (TPSA) is 20.2 Å². The molecule has 1 N–H and O–H groups in total. The second-order valence-electron chi connectivity index (χ2n) is 4.05. The second-order valence-corrected chi connectivity index (χ2v) is 4.97. The maximum atomic E-state index is 13.2. The van der Waals surface area contributed by atoms with Crippen molar-refractivity contribution in [2.45, 2.75) is 12.5 Å². The molecule has 0 amide bonds. The molecule has 2 aromatic carbocycles. The van der Waals surface area contributed by atoms with E-state index in [0.29, 0.717) is 15.6 Å². The zero-order chi connectivity index (χ0) is 13.1. The first-order valence-corrected chi connectivity index (χ1v) is 6.22. The van der Waals surface area contributed by atoms with Crippen molar-refractivity contribution >= 4 is 15.9 Å². The number of aliphatic hydroxyl groups is 1. The Bertz CT molecular complexity index is 537. The van der Waals surface area contributed by atoms with Crippen LogP contribution >= 0.6 is 15.9 Å². The molecule has 18 heavy (non-hydrogen) atoms. The molecule has 0 saturated heterocycles. The van der Waals surface area contributed by atoms with Crippen molar-refractivity contribution in [3.05, 3.63) is 69.7 Å². The van der Waals surface area contributed by atoms with Gasteiger partial charge in [-0.15, -0.1) is 0 Å². The van der Waals surface area contributed by atoms with Crippen LogP contribution in [0.5, 0.6) is 0 Å². The van der Waals surface area contributed by atoms with E-state index in [0.717, 1.165) is 0 Å². The molecule has 1 unspecified atom stereocenters. The Morgan fingerprint density at radius 3 is 2.50 bits per heavy atom. The molecular formula is C14H11BrF2O. The first-order chi connectivity index (χ1) is 8.54. The number of hydrogen-bond donors (Lipinski definition) is 1. The maximum absolute atomic E-state index is 13.2. The van der Waals surface area contributed by atoms with Gasteiger partial charge in [-0.2, -0.15) is 0 Å². The van der Waals surface area contributed by atoms with Crippen molar-refractivity contribution in [3.63, 3.8) is 0 Å². The van der Waals surface area contributed by atoms with Crippen LogP contribution < -0.4 is 0 Å². The summed E-state index contributed by atoms with van der Waals surface area (Å²) in [6.45, 7) is 0. The van der Waals surface area contributed by atoms with Crippen LogP contribution in [0.1, 0.15) is 17.2 Å². The van der Waals surface area contributed by atoms with Crippen molar-refractivity contribution in [1.29, 1.82) is 0 Å².